The molecule has 1 aliphatic rings. The summed E-state index contributed by atoms with van der Waals surface area (Å²) in [4.78, 5) is 0. The first-order chi connectivity index (χ1) is 9.76. The molecule has 3 rings (SSSR count). The van der Waals surface area contributed by atoms with Gasteiger partial charge in [-0.15, -0.1) is 0 Å². The molecule has 20 heavy (non-hydrogen) atoms. The predicted octanol–water partition coefficient (Wildman–Crippen LogP) is 3.88. The molecule has 1 N–H and O–H groups in total. The molecule has 0 atom stereocenters. The van der Waals surface area contributed by atoms with E-state index in [-0.39, 0.29) is 5.82 Å². The van der Waals surface area contributed by atoms with Gasteiger partial charge >= 0.3 is 0 Å². The molecule has 0 amide bonds. The number of para-hydroxylation sites is 1. The van der Waals surface area contributed by atoms with Crippen LogP contribution in [-0.4, -0.2) is 16.3 Å². The van der Waals surface area contributed by atoms with E-state index in [4.69, 9.17) is 5.10 Å². The number of hydrogen-bond donors (Lipinski definition) is 1. The van der Waals surface area contributed by atoms with Crippen LogP contribution in [0.5, 0.6) is 0 Å². The van der Waals surface area contributed by atoms with E-state index in [0.717, 1.165) is 37.3 Å². The second kappa shape index (κ2) is 5.27. The molecule has 1 aliphatic heterocycles. The Morgan fingerprint density at radius 1 is 1.30 bits per heavy atom. The highest BCUT2D eigenvalue weighted by molar-refractivity contribution is 5.57. The zero-order valence-corrected chi connectivity index (χ0v) is 12.0. The molecule has 0 unspecified atom stereocenters. The topological polar surface area (TPSA) is 29.9 Å². The maximum absolute atomic E-state index is 14.0. The molecule has 0 fully saturated rings. The van der Waals surface area contributed by atoms with Crippen LogP contribution in [-0.2, 0) is 6.42 Å². The van der Waals surface area contributed by atoms with Gasteiger partial charge < -0.3 is 5.32 Å². The summed E-state index contributed by atoms with van der Waals surface area (Å²) < 4.78 is 15.8. The van der Waals surface area contributed by atoms with Crippen LogP contribution >= 0.6 is 0 Å². The van der Waals surface area contributed by atoms with Gasteiger partial charge in [-0.25, -0.2) is 9.07 Å². The van der Waals surface area contributed by atoms with Crippen LogP contribution in [0.25, 0.3) is 5.69 Å². The Kier molecular flexibility index (Phi) is 3.47. The molecule has 106 valence electrons. The largest absolute Gasteiger partial charge is 0.369 e. The first-order valence-electron chi connectivity index (χ1n) is 7.36. The molecule has 2 aromatic rings. The quantitative estimate of drug-likeness (QED) is 0.916. The lowest BCUT2D eigenvalue weighted by atomic mass is 9.96. The lowest BCUT2D eigenvalue weighted by Gasteiger charge is -2.10. The van der Waals surface area contributed by atoms with E-state index in [1.165, 1.54) is 11.6 Å². The van der Waals surface area contributed by atoms with Crippen LogP contribution in [0.4, 0.5) is 10.2 Å². The van der Waals surface area contributed by atoms with Gasteiger partial charge in [-0.05, 0) is 31.4 Å². The summed E-state index contributed by atoms with van der Waals surface area (Å²) >= 11 is 0. The third kappa shape index (κ3) is 1.99. The molecule has 0 spiro atoms. The van der Waals surface area contributed by atoms with Crippen molar-refractivity contribution in [2.75, 3.05) is 11.9 Å². The van der Waals surface area contributed by atoms with E-state index >= 15 is 0 Å². The fourth-order valence-corrected chi connectivity index (χ4v) is 3.00. The fourth-order valence-electron chi connectivity index (χ4n) is 3.00. The SMILES string of the molecule is CCC(CC)c1nn(-c2ccccc2F)c2c1CCN2. The average Bonchev–Trinajstić information content (AvgIpc) is 3.04. The third-order valence-corrected chi connectivity index (χ3v) is 4.13. The summed E-state index contributed by atoms with van der Waals surface area (Å²) in [5, 5.41) is 8.07. The molecule has 1 aromatic carbocycles. The second-order valence-corrected chi connectivity index (χ2v) is 5.27. The molecule has 0 aliphatic carbocycles. The average molecular weight is 273 g/mol. The highest BCUT2D eigenvalue weighted by Gasteiger charge is 2.27. The van der Waals surface area contributed by atoms with Crippen molar-refractivity contribution < 1.29 is 4.39 Å². The molecular formula is C16H20FN3. The number of aromatic nitrogens is 2. The van der Waals surface area contributed by atoms with Crippen molar-refractivity contribution in [1.29, 1.82) is 0 Å². The monoisotopic (exact) mass is 273 g/mol. The molecule has 2 heterocycles. The smallest absolute Gasteiger partial charge is 0.148 e. The van der Waals surface area contributed by atoms with E-state index in [0.29, 0.717) is 11.6 Å². The summed E-state index contributed by atoms with van der Waals surface area (Å²) in [6, 6.07) is 6.81. The molecular weight excluding hydrogens is 253 g/mol. The van der Waals surface area contributed by atoms with Crippen LogP contribution in [0.3, 0.4) is 0 Å². The van der Waals surface area contributed by atoms with Crippen molar-refractivity contribution in [1.82, 2.24) is 9.78 Å². The molecule has 1 aromatic heterocycles. The molecule has 0 saturated carbocycles. The molecule has 3 nitrogen and oxygen atoms in total. The third-order valence-electron chi connectivity index (χ3n) is 4.13. The molecule has 4 heteroatoms. The van der Waals surface area contributed by atoms with Gasteiger partial charge in [-0.2, -0.15) is 5.10 Å². The summed E-state index contributed by atoms with van der Waals surface area (Å²) in [6.45, 7) is 5.28. The number of hydrogen-bond acceptors (Lipinski definition) is 2. The van der Waals surface area contributed by atoms with Gasteiger partial charge in [0.25, 0.3) is 0 Å². The van der Waals surface area contributed by atoms with Crippen LogP contribution < -0.4 is 5.32 Å². The maximum atomic E-state index is 14.0. The van der Waals surface area contributed by atoms with Gasteiger partial charge in [0, 0.05) is 18.0 Å². The Labute approximate surface area is 118 Å². The highest BCUT2D eigenvalue weighted by Crippen LogP contribution is 2.35. The minimum atomic E-state index is -0.234. The Morgan fingerprint density at radius 2 is 2.05 bits per heavy atom. The summed E-state index contributed by atoms with van der Waals surface area (Å²) in [5.41, 5.74) is 2.93. The summed E-state index contributed by atoms with van der Waals surface area (Å²) in [7, 11) is 0. The lowest BCUT2D eigenvalue weighted by molar-refractivity contribution is 0.592. The van der Waals surface area contributed by atoms with Crippen molar-refractivity contribution in [3.8, 4) is 5.69 Å². The van der Waals surface area contributed by atoms with Crippen molar-refractivity contribution in [2.24, 2.45) is 0 Å². The molecule has 0 bridgehead atoms. The lowest BCUT2D eigenvalue weighted by Crippen LogP contribution is -2.07. The summed E-state index contributed by atoms with van der Waals surface area (Å²) in [6.07, 6.45) is 3.12. The van der Waals surface area contributed by atoms with Gasteiger partial charge in [-0.1, -0.05) is 26.0 Å². The van der Waals surface area contributed by atoms with Gasteiger partial charge in [0.1, 0.15) is 17.3 Å². The predicted molar refractivity (Wildman–Crippen MR) is 79.0 cm³/mol. The van der Waals surface area contributed by atoms with Crippen molar-refractivity contribution in [2.45, 2.75) is 39.0 Å². The fraction of sp³-hybridized carbons (Fsp3) is 0.438. The summed E-state index contributed by atoms with van der Waals surface area (Å²) in [5.74, 6) is 1.19. The van der Waals surface area contributed by atoms with Crippen molar-refractivity contribution >= 4 is 5.82 Å². The second-order valence-electron chi connectivity index (χ2n) is 5.27. The first-order valence-corrected chi connectivity index (χ1v) is 7.36. The number of nitrogens with zero attached hydrogens (tertiary/aromatic N) is 2. The minimum absolute atomic E-state index is 0.234. The van der Waals surface area contributed by atoms with E-state index in [9.17, 15) is 4.39 Å². The maximum Gasteiger partial charge on any atom is 0.148 e. The number of nitrogens with one attached hydrogen (secondary N) is 1. The first kappa shape index (κ1) is 13.2. The minimum Gasteiger partial charge on any atom is -0.369 e. The van der Waals surface area contributed by atoms with E-state index in [2.05, 4.69) is 19.2 Å². The Hall–Kier alpha value is -1.84. The number of benzene rings is 1. The number of fused-ring (bicyclic) bond motifs is 1. The van der Waals surface area contributed by atoms with E-state index in [1.54, 1.807) is 16.8 Å². The van der Waals surface area contributed by atoms with E-state index in [1.807, 2.05) is 6.07 Å². The number of rotatable bonds is 4. The van der Waals surface area contributed by atoms with Gasteiger partial charge in [0.15, 0.2) is 0 Å². The van der Waals surface area contributed by atoms with Crippen molar-refractivity contribution in [3.05, 3.63) is 41.3 Å². The van der Waals surface area contributed by atoms with E-state index < -0.39 is 0 Å². The van der Waals surface area contributed by atoms with Crippen molar-refractivity contribution in [3.63, 3.8) is 0 Å². The van der Waals surface area contributed by atoms with Gasteiger partial charge in [-0.3, -0.25) is 0 Å². The van der Waals surface area contributed by atoms with Gasteiger partial charge in [0.2, 0.25) is 0 Å². The zero-order chi connectivity index (χ0) is 14.1. The zero-order valence-electron chi connectivity index (χ0n) is 12.0. The van der Waals surface area contributed by atoms with Crippen LogP contribution in [0, 0.1) is 5.82 Å². The normalized spacial score (nSPS) is 13.6. The Bertz CT molecular complexity index is 614. The van der Waals surface area contributed by atoms with Crippen LogP contribution in [0.2, 0.25) is 0 Å². The number of halogens is 1. The van der Waals surface area contributed by atoms with Crippen LogP contribution in [0.1, 0.15) is 43.9 Å². The van der Waals surface area contributed by atoms with Crippen LogP contribution in [0.15, 0.2) is 24.3 Å². The standard InChI is InChI=1S/C16H20FN3/c1-3-11(4-2)15-12-9-10-18-16(12)20(19-15)14-8-6-5-7-13(14)17/h5-8,11,18H,3-4,9-10H2,1-2H3. The molecule has 0 radical (unpaired) electrons. The van der Waals surface area contributed by atoms with Gasteiger partial charge in [0.05, 0.1) is 5.69 Å². The molecule has 0 saturated heterocycles. The highest BCUT2D eigenvalue weighted by atomic mass is 19.1. The number of anilines is 1. The Morgan fingerprint density at radius 3 is 2.75 bits per heavy atom. The Balaban J connectivity index is 2.14.